The van der Waals surface area contributed by atoms with Gasteiger partial charge in [0.1, 0.15) is 0 Å². The lowest BCUT2D eigenvalue weighted by Crippen LogP contribution is -2.35. The van der Waals surface area contributed by atoms with Crippen molar-refractivity contribution in [1.29, 1.82) is 0 Å². The number of hydrogen-bond acceptors (Lipinski definition) is 5. The van der Waals surface area contributed by atoms with E-state index < -0.39 is 21.8 Å². The van der Waals surface area contributed by atoms with Gasteiger partial charge in [0.25, 0.3) is 10.1 Å². The Morgan fingerprint density at radius 1 is 1.20 bits per heavy atom. The number of benzene rings is 1. The maximum atomic E-state index is 12.1. The minimum absolute atomic E-state index is 0.00781. The van der Waals surface area contributed by atoms with E-state index in [1.54, 1.807) is 24.3 Å². The van der Waals surface area contributed by atoms with Crippen LogP contribution in [0.2, 0.25) is 0 Å². The molecule has 2 rings (SSSR count). The molecule has 1 saturated heterocycles. The molecule has 1 heterocycles. The van der Waals surface area contributed by atoms with Crippen molar-refractivity contribution in [2.45, 2.75) is 32.0 Å². The minimum Gasteiger partial charge on any atom is -0.350 e. The topological polar surface area (TPSA) is 61.8 Å². The van der Waals surface area contributed by atoms with Gasteiger partial charge in [0.2, 0.25) is 0 Å². The van der Waals surface area contributed by atoms with Gasteiger partial charge in [-0.05, 0) is 19.1 Å². The Kier molecular flexibility index (Phi) is 4.49. The van der Waals surface area contributed by atoms with Crippen LogP contribution in [0, 0.1) is 12.3 Å². The fourth-order valence-corrected chi connectivity index (χ4v) is 2.94. The van der Waals surface area contributed by atoms with Crippen LogP contribution in [0.1, 0.15) is 19.4 Å². The molecule has 0 unspecified atom stereocenters. The van der Waals surface area contributed by atoms with Crippen molar-refractivity contribution in [2.24, 2.45) is 5.41 Å². The summed E-state index contributed by atoms with van der Waals surface area (Å²) < 4.78 is 40.2. The molecule has 0 N–H and O–H groups in total. The fourth-order valence-electron chi connectivity index (χ4n) is 1.88. The standard InChI is InChI=1S/C14H20O5S/c1-11-4-6-12(7-5-11)20(15,16)19-10-14(2,3)13-17-8-9-18-13/h4-7,13H,8-10H2,1-3H3. The predicted molar refractivity (Wildman–Crippen MR) is 73.8 cm³/mol. The van der Waals surface area contributed by atoms with Crippen LogP contribution < -0.4 is 0 Å². The summed E-state index contributed by atoms with van der Waals surface area (Å²) >= 11 is 0. The quantitative estimate of drug-likeness (QED) is 0.779. The monoisotopic (exact) mass is 300 g/mol. The molecule has 112 valence electrons. The Bertz CT molecular complexity index is 541. The fraction of sp³-hybridized carbons (Fsp3) is 0.571. The molecule has 0 aromatic heterocycles. The summed E-state index contributed by atoms with van der Waals surface area (Å²) in [5.41, 5.74) is 0.464. The van der Waals surface area contributed by atoms with Crippen molar-refractivity contribution in [2.75, 3.05) is 19.8 Å². The maximum absolute atomic E-state index is 12.1. The highest BCUT2D eigenvalue weighted by Gasteiger charge is 2.36. The lowest BCUT2D eigenvalue weighted by Gasteiger charge is -2.28. The third kappa shape index (κ3) is 3.58. The van der Waals surface area contributed by atoms with Crippen LogP contribution in [0.15, 0.2) is 29.2 Å². The maximum Gasteiger partial charge on any atom is 0.296 e. The molecule has 1 aliphatic heterocycles. The third-order valence-corrected chi connectivity index (χ3v) is 4.43. The van der Waals surface area contributed by atoms with Crippen molar-refractivity contribution >= 4 is 10.1 Å². The molecule has 1 aliphatic rings. The molecule has 0 bridgehead atoms. The molecule has 20 heavy (non-hydrogen) atoms. The van der Waals surface area contributed by atoms with Gasteiger partial charge in [0.05, 0.1) is 24.7 Å². The Balaban J connectivity index is 2.03. The largest absolute Gasteiger partial charge is 0.350 e. The van der Waals surface area contributed by atoms with E-state index in [0.717, 1.165) is 5.56 Å². The molecular formula is C14H20O5S. The number of rotatable bonds is 5. The first kappa shape index (κ1) is 15.4. The van der Waals surface area contributed by atoms with Crippen LogP contribution in [0.4, 0.5) is 0 Å². The van der Waals surface area contributed by atoms with E-state index in [2.05, 4.69) is 0 Å². The Labute approximate surface area is 120 Å². The lowest BCUT2D eigenvalue weighted by atomic mass is 9.94. The summed E-state index contributed by atoms with van der Waals surface area (Å²) in [5, 5.41) is 0. The van der Waals surface area contributed by atoms with Crippen molar-refractivity contribution in [3.63, 3.8) is 0 Å². The summed E-state index contributed by atoms with van der Waals surface area (Å²) in [6.45, 7) is 6.67. The van der Waals surface area contributed by atoms with E-state index in [4.69, 9.17) is 13.7 Å². The van der Waals surface area contributed by atoms with Crippen LogP contribution in [0.3, 0.4) is 0 Å². The lowest BCUT2D eigenvalue weighted by molar-refractivity contribution is -0.130. The molecule has 0 saturated carbocycles. The zero-order chi connectivity index (χ0) is 14.8. The molecular weight excluding hydrogens is 280 g/mol. The summed E-state index contributed by atoms with van der Waals surface area (Å²) in [7, 11) is -3.75. The Morgan fingerprint density at radius 3 is 2.30 bits per heavy atom. The van der Waals surface area contributed by atoms with Crippen LogP contribution in [0.5, 0.6) is 0 Å². The molecule has 5 nitrogen and oxygen atoms in total. The highest BCUT2D eigenvalue weighted by molar-refractivity contribution is 7.86. The molecule has 0 atom stereocenters. The van der Waals surface area contributed by atoms with Gasteiger partial charge in [-0.15, -0.1) is 0 Å². The highest BCUT2D eigenvalue weighted by Crippen LogP contribution is 2.29. The first-order chi connectivity index (χ1) is 9.31. The average molecular weight is 300 g/mol. The molecule has 1 aromatic carbocycles. The van der Waals surface area contributed by atoms with Crippen molar-refractivity contribution in [3.8, 4) is 0 Å². The average Bonchev–Trinajstić information content (AvgIpc) is 2.92. The number of ether oxygens (including phenoxy) is 2. The van der Waals surface area contributed by atoms with Crippen LogP contribution >= 0.6 is 0 Å². The van der Waals surface area contributed by atoms with E-state index in [-0.39, 0.29) is 11.5 Å². The van der Waals surface area contributed by atoms with Crippen LogP contribution in [-0.4, -0.2) is 34.5 Å². The molecule has 1 aromatic rings. The first-order valence-electron chi connectivity index (χ1n) is 6.51. The van der Waals surface area contributed by atoms with Crippen molar-refractivity contribution < 1.29 is 22.1 Å². The molecule has 6 heteroatoms. The second kappa shape index (κ2) is 5.81. The zero-order valence-corrected chi connectivity index (χ0v) is 12.8. The highest BCUT2D eigenvalue weighted by atomic mass is 32.2. The van der Waals surface area contributed by atoms with Gasteiger partial charge in [-0.2, -0.15) is 8.42 Å². The van der Waals surface area contributed by atoms with Gasteiger partial charge in [0, 0.05) is 5.41 Å². The van der Waals surface area contributed by atoms with E-state index in [9.17, 15) is 8.42 Å². The van der Waals surface area contributed by atoms with E-state index >= 15 is 0 Å². The van der Waals surface area contributed by atoms with Crippen molar-refractivity contribution in [1.82, 2.24) is 0 Å². The predicted octanol–water partition coefficient (Wildman–Crippen LogP) is 2.10. The van der Waals surface area contributed by atoms with Gasteiger partial charge in [0.15, 0.2) is 6.29 Å². The molecule has 1 fully saturated rings. The van der Waals surface area contributed by atoms with Gasteiger partial charge >= 0.3 is 0 Å². The van der Waals surface area contributed by atoms with E-state index in [1.807, 2.05) is 20.8 Å². The summed E-state index contributed by atoms with van der Waals surface area (Å²) in [6.07, 6.45) is -0.435. The van der Waals surface area contributed by atoms with Gasteiger partial charge in [-0.3, -0.25) is 4.18 Å². The Hall–Kier alpha value is -0.950. The zero-order valence-electron chi connectivity index (χ0n) is 12.0. The third-order valence-electron chi connectivity index (χ3n) is 3.16. The minimum atomic E-state index is -3.75. The van der Waals surface area contributed by atoms with Crippen LogP contribution in [-0.2, 0) is 23.8 Å². The summed E-state index contributed by atoms with van der Waals surface area (Å²) in [5.74, 6) is 0. The summed E-state index contributed by atoms with van der Waals surface area (Å²) in [6, 6.07) is 6.57. The molecule has 0 amide bonds. The van der Waals surface area contributed by atoms with Gasteiger partial charge in [-0.1, -0.05) is 31.5 Å². The molecule has 0 spiro atoms. The van der Waals surface area contributed by atoms with Crippen molar-refractivity contribution in [3.05, 3.63) is 29.8 Å². The Morgan fingerprint density at radius 2 is 1.75 bits per heavy atom. The van der Waals surface area contributed by atoms with Crippen LogP contribution in [0.25, 0.3) is 0 Å². The van der Waals surface area contributed by atoms with E-state index in [1.165, 1.54) is 0 Å². The number of aryl methyl sites for hydroxylation is 1. The first-order valence-corrected chi connectivity index (χ1v) is 7.91. The van der Waals surface area contributed by atoms with Gasteiger partial charge in [-0.25, -0.2) is 0 Å². The second-order valence-corrected chi connectivity index (χ2v) is 7.21. The van der Waals surface area contributed by atoms with E-state index in [0.29, 0.717) is 13.2 Å². The normalized spacial score (nSPS) is 17.6. The number of hydrogen-bond donors (Lipinski definition) is 0. The molecule has 0 radical (unpaired) electrons. The second-order valence-electron chi connectivity index (χ2n) is 5.59. The van der Waals surface area contributed by atoms with Gasteiger partial charge < -0.3 is 9.47 Å². The summed E-state index contributed by atoms with van der Waals surface area (Å²) in [4.78, 5) is 0.159. The SMILES string of the molecule is Cc1ccc(S(=O)(=O)OCC(C)(C)C2OCCO2)cc1. The molecule has 0 aliphatic carbocycles. The smallest absolute Gasteiger partial charge is 0.296 e.